The van der Waals surface area contributed by atoms with Crippen LogP contribution < -0.4 is 4.90 Å². The van der Waals surface area contributed by atoms with Gasteiger partial charge in [0.05, 0.1) is 16.8 Å². The van der Waals surface area contributed by atoms with Crippen molar-refractivity contribution in [1.82, 2.24) is 0 Å². The topological polar surface area (TPSA) is 27.0 Å². The van der Waals surface area contributed by atoms with Gasteiger partial charge in [-0.3, -0.25) is 0 Å². The Balaban J connectivity index is 2.31. The number of nitriles is 1. The van der Waals surface area contributed by atoms with E-state index in [9.17, 15) is 0 Å². The highest BCUT2D eigenvalue weighted by molar-refractivity contribution is 6.33. The molecule has 0 amide bonds. The van der Waals surface area contributed by atoms with Crippen LogP contribution in [-0.2, 0) is 0 Å². The van der Waals surface area contributed by atoms with Gasteiger partial charge in [-0.05, 0) is 37.5 Å². The number of halogens is 1. The largest absolute Gasteiger partial charge is 0.366 e. The van der Waals surface area contributed by atoms with E-state index < -0.39 is 0 Å². The first-order valence-corrected chi connectivity index (χ1v) is 6.10. The highest BCUT2D eigenvalue weighted by atomic mass is 35.5. The Kier molecular flexibility index (Phi) is 3.40. The number of anilines is 1. The molecule has 0 saturated carbocycles. The van der Waals surface area contributed by atoms with Gasteiger partial charge in [-0.15, -0.1) is 0 Å². The Labute approximate surface area is 107 Å². The maximum absolute atomic E-state index is 8.83. The number of benzene rings is 1. The smallest absolute Gasteiger partial charge is 0.0945 e. The van der Waals surface area contributed by atoms with Gasteiger partial charge in [-0.2, -0.15) is 5.26 Å². The van der Waals surface area contributed by atoms with Crippen molar-refractivity contribution in [3.63, 3.8) is 0 Å². The lowest BCUT2D eigenvalue weighted by atomic mass is 10.1. The molecule has 1 aromatic rings. The lowest BCUT2D eigenvalue weighted by molar-refractivity contribution is 0.799. The molecule has 0 fully saturated rings. The first-order valence-electron chi connectivity index (χ1n) is 5.72. The Hall–Kier alpha value is -1.46. The van der Waals surface area contributed by atoms with E-state index in [4.69, 9.17) is 16.9 Å². The molecule has 0 aliphatic carbocycles. The minimum Gasteiger partial charge on any atom is -0.366 e. The van der Waals surface area contributed by atoms with Crippen LogP contribution in [0.1, 0.15) is 17.5 Å². The first kappa shape index (κ1) is 12.0. The van der Waals surface area contributed by atoms with E-state index in [2.05, 4.69) is 24.0 Å². The van der Waals surface area contributed by atoms with Gasteiger partial charge in [0.2, 0.25) is 0 Å². The number of hydrogen-bond acceptors (Lipinski definition) is 2. The van der Waals surface area contributed by atoms with Crippen molar-refractivity contribution in [2.24, 2.45) is 0 Å². The molecule has 0 atom stereocenters. The summed E-state index contributed by atoms with van der Waals surface area (Å²) in [4.78, 5) is 2.23. The van der Waals surface area contributed by atoms with E-state index in [1.165, 1.54) is 11.1 Å². The van der Waals surface area contributed by atoms with E-state index in [-0.39, 0.29) is 0 Å². The number of aryl methyl sites for hydroxylation is 2. The van der Waals surface area contributed by atoms with Crippen LogP contribution in [0.3, 0.4) is 0 Å². The summed E-state index contributed by atoms with van der Waals surface area (Å²) in [6.45, 7) is 5.76. The van der Waals surface area contributed by atoms with Crippen molar-refractivity contribution in [1.29, 1.82) is 5.26 Å². The van der Waals surface area contributed by atoms with Crippen molar-refractivity contribution in [2.45, 2.75) is 20.3 Å². The molecule has 2 nitrogen and oxygen atoms in total. The second-order valence-corrected chi connectivity index (χ2v) is 4.86. The van der Waals surface area contributed by atoms with Crippen molar-refractivity contribution in [3.05, 3.63) is 39.9 Å². The van der Waals surface area contributed by atoms with Crippen LogP contribution in [-0.4, -0.2) is 13.1 Å². The molecule has 0 unspecified atom stereocenters. The lowest BCUT2D eigenvalue weighted by Crippen LogP contribution is -2.29. The Bertz CT molecular complexity index is 488. The molecule has 1 aliphatic rings. The zero-order valence-corrected chi connectivity index (χ0v) is 10.9. The molecule has 1 aromatic carbocycles. The Morgan fingerprint density at radius 1 is 1.35 bits per heavy atom. The normalized spacial score (nSPS) is 15.4. The minimum atomic E-state index is 0.770. The van der Waals surface area contributed by atoms with Gasteiger partial charge in [0.15, 0.2) is 0 Å². The molecule has 88 valence electrons. The zero-order valence-electron chi connectivity index (χ0n) is 10.1. The van der Waals surface area contributed by atoms with E-state index in [0.717, 1.165) is 35.8 Å². The minimum absolute atomic E-state index is 0.770. The van der Waals surface area contributed by atoms with E-state index >= 15 is 0 Å². The van der Waals surface area contributed by atoms with Gasteiger partial charge in [-0.1, -0.05) is 23.7 Å². The SMILES string of the molecule is Cc1cc(C)c(N2CC=C(C#N)CC2)c(Cl)c1. The third kappa shape index (κ3) is 2.45. The summed E-state index contributed by atoms with van der Waals surface area (Å²) >= 11 is 6.31. The third-order valence-corrected chi connectivity index (χ3v) is 3.36. The molecule has 1 aliphatic heterocycles. The third-order valence-electron chi connectivity index (χ3n) is 3.07. The van der Waals surface area contributed by atoms with Crippen molar-refractivity contribution >= 4 is 17.3 Å². The summed E-state index contributed by atoms with van der Waals surface area (Å²) in [6.07, 6.45) is 2.79. The molecule has 1 heterocycles. The van der Waals surface area contributed by atoms with Gasteiger partial charge >= 0.3 is 0 Å². The molecular weight excluding hydrogens is 232 g/mol. The van der Waals surface area contributed by atoms with Crippen LogP contribution in [0.15, 0.2) is 23.8 Å². The van der Waals surface area contributed by atoms with Crippen molar-refractivity contribution in [3.8, 4) is 6.07 Å². The molecule has 17 heavy (non-hydrogen) atoms. The maximum atomic E-state index is 8.83. The molecule has 0 spiro atoms. The van der Waals surface area contributed by atoms with Crippen molar-refractivity contribution in [2.75, 3.05) is 18.0 Å². The first-order chi connectivity index (χ1) is 8.11. The summed E-state index contributed by atoms with van der Waals surface area (Å²) in [5.74, 6) is 0. The second kappa shape index (κ2) is 4.81. The molecule has 0 N–H and O–H groups in total. The average molecular weight is 247 g/mol. The molecule has 0 aromatic heterocycles. The van der Waals surface area contributed by atoms with E-state index in [1.807, 2.05) is 19.1 Å². The maximum Gasteiger partial charge on any atom is 0.0945 e. The van der Waals surface area contributed by atoms with Crippen LogP contribution in [0.4, 0.5) is 5.69 Å². The van der Waals surface area contributed by atoms with E-state index in [1.54, 1.807) is 0 Å². The van der Waals surface area contributed by atoms with Crippen LogP contribution in [0.25, 0.3) is 0 Å². The van der Waals surface area contributed by atoms with Crippen molar-refractivity contribution < 1.29 is 0 Å². The van der Waals surface area contributed by atoms with Crippen LogP contribution in [0, 0.1) is 25.2 Å². The predicted molar refractivity (Wildman–Crippen MR) is 71.5 cm³/mol. The fraction of sp³-hybridized carbons (Fsp3) is 0.357. The fourth-order valence-corrected chi connectivity index (χ4v) is 2.72. The Morgan fingerprint density at radius 3 is 2.65 bits per heavy atom. The molecule has 3 heteroatoms. The standard InChI is InChI=1S/C14H15ClN2/c1-10-7-11(2)14(13(15)8-10)17-5-3-12(9-16)4-6-17/h3,7-8H,4-6H2,1-2H3. The quantitative estimate of drug-likeness (QED) is 0.757. The number of hydrogen-bond donors (Lipinski definition) is 0. The second-order valence-electron chi connectivity index (χ2n) is 4.45. The Morgan fingerprint density at radius 2 is 2.12 bits per heavy atom. The monoisotopic (exact) mass is 246 g/mol. The average Bonchev–Trinajstić information content (AvgIpc) is 2.28. The van der Waals surface area contributed by atoms with Crippen LogP contribution >= 0.6 is 11.6 Å². The van der Waals surface area contributed by atoms with Gasteiger partial charge in [0.25, 0.3) is 0 Å². The lowest BCUT2D eigenvalue weighted by Gasteiger charge is -2.29. The molecule has 0 saturated heterocycles. The molecule has 2 rings (SSSR count). The predicted octanol–water partition coefficient (Wildman–Crippen LogP) is 3.62. The molecule has 0 bridgehead atoms. The van der Waals surface area contributed by atoms with Gasteiger partial charge in [0, 0.05) is 18.7 Å². The number of rotatable bonds is 1. The highest BCUT2D eigenvalue weighted by Crippen LogP contribution is 2.32. The van der Waals surface area contributed by atoms with Crippen LogP contribution in [0.5, 0.6) is 0 Å². The highest BCUT2D eigenvalue weighted by Gasteiger charge is 2.16. The summed E-state index contributed by atoms with van der Waals surface area (Å²) in [6, 6.07) is 6.35. The summed E-state index contributed by atoms with van der Waals surface area (Å²) < 4.78 is 0. The summed E-state index contributed by atoms with van der Waals surface area (Å²) in [5, 5.41) is 9.63. The van der Waals surface area contributed by atoms with E-state index in [0.29, 0.717) is 0 Å². The fourth-order valence-electron chi connectivity index (χ4n) is 2.28. The van der Waals surface area contributed by atoms with Crippen LogP contribution in [0.2, 0.25) is 5.02 Å². The zero-order chi connectivity index (χ0) is 12.4. The number of nitrogens with zero attached hydrogens (tertiary/aromatic N) is 2. The van der Waals surface area contributed by atoms with Gasteiger partial charge in [-0.25, -0.2) is 0 Å². The molecular formula is C14H15ClN2. The van der Waals surface area contributed by atoms with Gasteiger partial charge < -0.3 is 4.90 Å². The summed E-state index contributed by atoms with van der Waals surface area (Å²) in [7, 11) is 0. The summed E-state index contributed by atoms with van der Waals surface area (Å²) in [5.41, 5.74) is 4.36. The van der Waals surface area contributed by atoms with Gasteiger partial charge in [0.1, 0.15) is 0 Å². The molecule has 0 radical (unpaired) electrons.